The fourth-order valence-corrected chi connectivity index (χ4v) is 1.90. The Hall–Kier alpha value is -2.07. The van der Waals surface area contributed by atoms with Gasteiger partial charge in [0.05, 0.1) is 12.8 Å². The van der Waals surface area contributed by atoms with Crippen LogP contribution in [-0.2, 0) is 6.61 Å². The maximum atomic E-state index is 5.87. The van der Waals surface area contributed by atoms with E-state index < -0.39 is 0 Å². The molecular formula is C16H20N2O2. The fourth-order valence-electron chi connectivity index (χ4n) is 1.90. The van der Waals surface area contributed by atoms with Gasteiger partial charge < -0.3 is 15.2 Å². The minimum atomic E-state index is -0.0315. The predicted molar refractivity (Wildman–Crippen MR) is 78.9 cm³/mol. The highest BCUT2D eigenvalue weighted by Gasteiger charge is 2.09. The molecule has 2 aromatic rings. The molecule has 0 spiro atoms. The van der Waals surface area contributed by atoms with E-state index in [-0.39, 0.29) is 6.04 Å². The van der Waals surface area contributed by atoms with Crippen molar-refractivity contribution in [1.82, 2.24) is 4.98 Å². The van der Waals surface area contributed by atoms with E-state index in [9.17, 15) is 0 Å². The third kappa shape index (κ3) is 3.27. The van der Waals surface area contributed by atoms with Gasteiger partial charge in [0, 0.05) is 12.2 Å². The van der Waals surface area contributed by atoms with Crippen LogP contribution in [0.25, 0.3) is 0 Å². The Labute approximate surface area is 119 Å². The Morgan fingerprint density at radius 2 is 2.05 bits per heavy atom. The SMILES string of the molecule is COc1cc([C@@H](C)N)ccc1OCc1ncccc1C. The van der Waals surface area contributed by atoms with E-state index in [2.05, 4.69) is 4.98 Å². The molecule has 0 saturated heterocycles. The quantitative estimate of drug-likeness (QED) is 0.909. The Bertz CT molecular complexity index is 582. The average molecular weight is 272 g/mol. The van der Waals surface area contributed by atoms with Crippen molar-refractivity contribution in [3.8, 4) is 11.5 Å². The molecule has 2 N–H and O–H groups in total. The highest BCUT2D eigenvalue weighted by Crippen LogP contribution is 2.30. The molecule has 1 aromatic heterocycles. The zero-order valence-corrected chi connectivity index (χ0v) is 12.1. The summed E-state index contributed by atoms with van der Waals surface area (Å²) in [6.07, 6.45) is 1.77. The normalized spacial score (nSPS) is 12.0. The summed E-state index contributed by atoms with van der Waals surface area (Å²) in [5.74, 6) is 1.38. The molecule has 0 aliphatic heterocycles. The van der Waals surface area contributed by atoms with Crippen LogP contribution in [0.2, 0.25) is 0 Å². The first-order chi connectivity index (χ1) is 9.61. The van der Waals surface area contributed by atoms with Crippen LogP contribution in [0.3, 0.4) is 0 Å². The summed E-state index contributed by atoms with van der Waals surface area (Å²) < 4.78 is 11.2. The number of hydrogen-bond acceptors (Lipinski definition) is 4. The Morgan fingerprint density at radius 1 is 1.25 bits per heavy atom. The molecule has 1 aromatic carbocycles. The molecule has 0 amide bonds. The molecular weight excluding hydrogens is 252 g/mol. The van der Waals surface area contributed by atoms with Gasteiger partial charge in [0.2, 0.25) is 0 Å². The number of ether oxygens (including phenoxy) is 2. The number of hydrogen-bond donors (Lipinski definition) is 1. The Morgan fingerprint density at radius 3 is 2.70 bits per heavy atom. The van der Waals surface area contributed by atoms with Crippen LogP contribution in [0, 0.1) is 6.92 Å². The molecule has 0 fully saturated rings. The molecule has 0 radical (unpaired) electrons. The van der Waals surface area contributed by atoms with Crippen LogP contribution in [-0.4, -0.2) is 12.1 Å². The van der Waals surface area contributed by atoms with Gasteiger partial charge in [-0.2, -0.15) is 0 Å². The van der Waals surface area contributed by atoms with Crippen molar-refractivity contribution in [1.29, 1.82) is 0 Å². The molecule has 4 heteroatoms. The average Bonchev–Trinajstić information content (AvgIpc) is 2.46. The van der Waals surface area contributed by atoms with E-state index in [0.717, 1.165) is 16.8 Å². The van der Waals surface area contributed by atoms with Gasteiger partial charge in [-0.1, -0.05) is 12.1 Å². The van der Waals surface area contributed by atoms with Gasteiger partial charge in [0.15, 0.2) is 11.5 Å². The van der Waals surface area contributed by atoms with Crippen LogP contribution in [0.4, 0.5) is 0 Å². The molecule has 1 heterocycles. The Kier molecular flexibility index (Phi) is 4.58. The van der Waals surface area contributed by atoms with Crippen LogP contribution in [0.15, 0.2) is 36.5 Å². The van der Waals surface area contributed by atoms with Gasteiger partial charge in [0.25, 0.3) is 0 Å². The first kappa shape index (κ1) is 14.3. The third-order valence-corrected chi connectivity index (χ3v) is 3.20. The van der Waals surface area contributed by atoms with Gasteiger partial charge in [-0.05, 0) is 43.2 Å². The predicted octanol–water partition coefficient (Wildman–Crippen LogP) is 3.00. The minimum absolute atomic E-state index is 0.0315. The topological polar surface area (TPSA) is 57.4 Å². The standard InChI is InChI=1S/C16H20N2O2/c1-11-5-4-8-18-14(11)10-20-15-7-6-13(12(2)17)9-16(15)19-3/h4-9,12H,10,17H2,1-3H3/t12-/m1/s1. The van der Waals surface area contributed by atoms with Crippen molar-refractivity contribution in [2.45, 2.75) is 26.5 Å². The summed E-state index contributed by atoms with van der Waals surface area (Å²) in [6, 6.07) is 9.64. The molecule has 106 valence electrons. The second-order valence-electron chi connectivity index (χ2n) is 4.75. The minimum Gasteiger partial charge on any atom is -0.493 e. The molecule has 4 nitrogen and oxygen atoms in total. The van der Waals surface area contributed by atoms with Crippen LogP contribution in [0.5, 0.6) is 11.5 Å². The first-order valence-electron chi connectivity index (χ1n) is 6.58. The molecule has 0 saturated carbocycles. The summed E-state index contributed by atoms with van der Waals surface area (Å²) in [4.78, 5) is 4.31. The van der Waals surface area contributed by atoms with Crippen molar-refractivity contribution in [3.63, 3.8) is 0 Å². The van der Waals surface area contributed by atoms with E-state index in [1.54, 1.807) is 13.3 Å². The van der Waals surface area contributed by atoms with Crippen LogP contribution in [0.1, 0.15) is 29.8 Å². The number of nitrogens with zero attached hydrogens (tertiary/aromatic N) is 1. The third-order valence-electron chi connectivity index (χ3n) is 3.20. The van der Waals surface area contributed by atoms with Gasteiger partial charge in [-0.15, -0.1) is 0 Å². The molecule has 0 aliphatic carbocycles. The van der Waals surface area contributed by atoms with Crippen molar-refractivity contribution < 1.29 is 9.47 Å². The van der Waals surface area contributed by atoms with Crippen LogP contribution < -0.4 is 15.2 Å². The lowest BCUT2D eigenvalue weighted by Crippen LogP contribution is -2.06. The molecule has 2 rings (SSSR count). The molecule has 1 atom stereocenters. The van der Waals surface area contributed by atoms with E-state index in [4.69, 9.17) is 15.2 Å². The molecule has 0 bridgehead atoms. The van der Waals surface area contributed by atoms with Gasteiger partial charge in [0.1, 0.15) is 6.61 Å². The van der Waals surface area contributed by atoms with E-state index in [1.807, 2.05) is 44.2 Å². The fraction of sp³-hybridized carbons (Fsp3) is 0.312. The van der Waals surface area contributed by atoms with Gasteiger partial charge >= 0.3 is 0 Å². The lowest BCUT2D eigenvalue weighted by atomic mass is 10.1. The van der Waals surface area contributed by atoms with Gasteiger partial charge in [-0.25, -0.2) is 0 Å². The number of aryl methyl sites for hydroxylation is 1. The highest BCUT2D eigenvalue weighted by atomic mass is 16.5. The van der Waals surface area contributed by atoms with E-state index in [0.29, 0.717) is 18.1 Å². The van der Waals surface area contributed by atoms with E-state index in [1.165, 1.54) is 0 Å². The van der Waals surface area contributed by atoms with Crippen molar-refractivity contribution >= 4 is 0 Å². The number of benzene rings is 1. The summed E-state index contributed by atoms with van der Waals surface area (Å²) in [6.45, 7) is 4.37. The number of pyridine rings is 1. The summed E-state index contributed by atoms with van der Waals surface area (Å²) in [7, 11) is 1.62. The van der Waals surface area contributed by atoms with Gasteiger partial charge in [-0.3, -0.25) is 4.98 Å². The summed E-state index contributed by atoms with van der Waals surface area (Å²) >= 11 is 0. The molecule has 0 unspecified atom stereocenters. The smallest absolute Gasteiger partial charge is 0.161 e. The van der Waals surface area contributed by atoms with Crippen molar-refractivity contribution in [2.24, 2.45) is 5.73 Å². The van der Waals surface area contributed by atoms with Crippen molar-refractivity contribution in [3.05, 3.63) is 53.3 Å². The zero-order valence-electron chi connectivity index (χ0n) is 12.1. The number of methoxy groups -OCH3 is 1. The highest BCUT2D eigenvalue weighted by molar-refractivity contribution is 5.43. The molecule has 0 aliphatic rings. The molecule has 20 heavy (non-hydrogen) atoms. The van der Waals surface area contributed by atoms with E-state index >= 15 is 0 Å². The number of aromatic nitrogens is 1. The first-order valence-corrected chi connectivity index (χ1v) is 6.58. The lowest BCUT2D eigenvalue weighted by molar-refractivity contribution is 0.279. The zero-order chi connectivity index (χ0) is 14.5. The maximum Gasteiger partial charge on any atom is 0.161 e. The summed E-state index contributed by atoms with van der Waals surface area (Å²) in [5, 5.41) is 0. The monoisotopic (exact) mass is 272 g/mol. The lowest BCUT2D eigenvalue weighted by Gasteiger charge is -2.14. The Balaban J connectivity index is 2.15. The second-order valence-corrected chi connectivity index (χ2v) is 4.75. The summed E-state index contributed by atoms with van der Waals surface area (Å²) in [5.41, 5.74) is 8.91. The second kappa shape index (κ2) is 6.39. The number of nitrogens with two attached hydrogens (primary N) is 1. The van der Waals surface area contributed by atoms with Crippen LogP contribution >= 0.6 is 0 Å². The number of rotatable bonds is 5. The van der Waals surface area contributed by atoms with Crippen molar-refractivity contribution in [2.75, 3.05) is 7.11 Å². The maximum absolute atomic E-state index is 5.87. The largest absolute Gasteiger partial charge is 0.493 e.